The molecule has 3 heterocycles. The van der Waals surface area contributed by atoms with Gasteiger partial charge in [-0.1, -0.05) is 6.42 Å². The van der Waals surface area contributed by atoms with Crippen molar-refractivity contribution in [1.82, 2.24) is 9.29 Å². The molecule has 0 atom stereocenters. The number of carbonyl (C=O) groups excluding carboxylic acids is 1. The van der Waals surface area contributed by atoms with Crippen LogP contribution in [0.5, 0.6) is 5.75 Å². The van der Waals surface area contributed by atoms with Gasteiger partial charge in [0.1, 0.15) is 16.3 Å². The largest absolute Gasteiger partial charge is 0.495 e. The Kier molecular flexibility index (Phi) is 5.89. The summed E-state index contributed by atoms with van der Waals surface area (Å²) in [6.07, 6.45) is 4.23. The van der Waals surface area contributed by atoms with E-state index in [9.17, 15) is 13.2 Å². The molecule has 1 aliphatic heterocycles. The lowest BCUT2D eigenvalue weighted by Crippen LogP contribution is -2.35. The highest BCUT2D eigenvalue weighted by Crippen LogP contribution is 2.31. The van der Waals surface area contributed by atoms with Crippen molar-refractivity contribution in [2.24, 2.45) is 0 Å². The molecule has 0 aliphatic carbocycles. The van der Waals surface area contributed by atoms with Gasteiger partial charge < -0.3 is 14.5 Å². The zero-order valence-corrected chi connectivity index (χ0v) is 18.0. The van der Waals surface area contributed by atoms with Crippen molar-refractivity contribution in [3.05, 3.63) is 47.7 Å². The third-order valence-corrected chi connectivity index (χ3v) is 7.60. The first-order valence-electron chi connectivity index (χ1n) is 9.48. The van der Waals surface area contributed by atoms with Crippen molar-refractivity contribution in [1.29, 1.82) is 0 Å². The lowest BCUT2D eigenvalue weighted by molar-refractivity contribution is 0.102. The van der Waals surface area contributed by atoms with Crippen LogP contribution in [0.1, 0.15) is 29.8 Å². The standard InChI is InChI=1S/C20H21N3O5S2/c1-27-16-8-7-14(12-18(16)30(25,26)23-9-3-2-4-10-23)21-19(24)15-13-29-20(22-15)17-6-5-11-28-17/h5-8,11-13H,2-4,9-10H2,1H3,(H,21,24). The number of aromatic nitrogens is 1. The predicted molar refractivity (Wildman–Crippen MR) is 113 cm³/mol. The Labute approximate surface area is 178 Å². The van der Waals surface area contributed by atoms with Gasteiger partial charge in [-0.25, -0.2) is 13.4 Å². The topological polar surface area (TPSA) is 102 Å². The first-order valence-corrected chi connectivity index (χ1v) is 11.8. The van der Waals surface area contributed by atoms with Crippen LogP contribution in [0.3, 0.4) is 0 Å². The van der Waals surface area contributed by atoms with Crippen molar-refractivity contribution in [2.45, 2.75) is 24.2 Å². The minimum atomic E-state index is -3.72. The Morgan fingerprint density at radius 1 is 1.23 bits per heavy atom. The number of rotatable bonds is 6. The second kappa shape index (κ2) is 8.58. The third-order valence-electron chi connectivity index (χ3n) is 4.82. The Morgan fingerprint density at radius 2 is 2.03 bits per heavy atom. The van der Waals surface area contributed by atoms with Crippen LogP contribution in [-0.2, 0) is 10.0 Å². The highest BCUT2D eigenvalue weighted by Gasteiger charge is 2.29. The summed E-state index contributed by atoms with van der Waals surface area (Å²) in [6.45, 7) is 0.965. The summed E-state index contributed by atoms with van der Waals surface area (Å²) in [6, 6.07) is 8.09. The molecule has 4 rings (SSSR count). The smallest absolute Gasteiger partial charge is 0.275 e. The molecule has 1 N–H and O–H groups in total. The lowest BCUT2D eigenvalue weighted by atomic mass is 10.2. The lowest BCUT2D eigenvalue weighted by Gasteiger charge is -2.26. The maximum Gasteiger partial charge on any atom is 0.275 e. The first-order chi connectivity index (χ1) is 14.5. The molecule has 1 aliphatic rings. The Hall–Kier alpha value is -2.69. The van der Waals surface area contributed by atoms with Gasteiger partial charge in [-0.05, 0) is 43.2 Å². The maximum atomic E-state index is 13.1. The molecule has 0 unspecified atom stereocenters. The zero-order chi connectivity index (χ0) is 21.1. The number of furan rings is 1. The number of ether oxygens (including phenoxy) is 1. The number of piperidine rings is 1. The summed E-state index contributed by atoms with van der Waals surface area (Å²) in [7, 11) is -2.30. The van der Waals surface area contributed by atoms with Gasteiger partial charge in [-0.2, -0.15) is 4.31 Å². The summed E-state index contributed by atoms with van der Waals surface area (Å²) in [5.41, 5.74) is 0.576. The molecule has 1 saturated heterocycles. The van der Waals surface area contributed by atoms with Crippen molar-refractivity contribution in [2.75, 3.05) is 25.5 Å². The van der Waals surface area contributed by atoms with E-state index in [1.165, 1.54) is 35.1 Å². The highest BCUT2D eigenvalue weighted by atomic mass is 32.2. The Morgan fingerprint density at radius 3 is 2.73 bits per heavy atom. The summed E-state index contributed by atoms with van der Waals surface area (Å²) in [5, 5.41) is 4.94. The summed E-state index contributed by atoms with van der Waals surface area (Å²) >= 11 is 1.29. The van der Waals surface area contributed by atoms with Crippen LogP contribution in [0.25, 0.3) is 10.8 Å². The van der Waals surface area contributed by atoms with Crippen LogP contribution in [0.15, 0.2) is 51.3 Å². The van der Waals surface area contributed by atoms with Crippen molar-refractivity contribution in [3.8, 4) is 16.5 Å². The molecule has 1 amide bonds. The van der Waals surface area contributed by atoms with E-state index in [0.717, 1.165) is 19.3 Å². The number of sulfonamides is 1. The molecule has 0 spiro atoms. The average Bonchev–Trinajstić information content (AvgIpc) is 3.46. The van der Waals surface area contributed by atoms with Crippen molar-refractivity contribution >= 4 is 33.0 Å². The third kappa shape index (κ3) is 4.11. The number of amides is 1. The van der Waals surface area contributed by atoms with Gasteiger partial charge in [-0.3, -0.25) is 4.79 Å². The number of carbonyl (C=O) groups is 1. The van der Waals surface area contributed by atoms with E-state index < -0.39 is 15.9 Å². The molecule has 3 aromatic rings. The molecule has 0 bridgehead atoms. The Bertz CT molecular complexity index is 1130. The molecule has 0 saturated carbocycles. The fourth-order valence-corrected chi connectivity index (χ4v) is 5.75. The van der Waals surface area contributed by atoms with Crippen molar-refractivity contribution < 1.29 is 22.4 Å². The molecular formula is C20H21N3O5S2. The van der Waals surface area contributed by atoms with Gasteiger partial charge in [-0.15, -0.1) is 11.3 Å². The molecule has 1 fully saturated rings. The molecule has 8 nitrogen and oxygen atoms in total. The number of methoxy groups -OCH3 is 1. The first kappa shape index (κ1) is 20.6. The van der Waals surface area contributed by atoms with Gasteiger partial charge in [0.15, 0.2) is 10.8 Å². The van der Waals surface area contributed by atoms with Crippen molar-refractivity contribution in [3.63, 3.8) is 0 Å². The van der Waals surface area contributed by atoms with E-state index in [1.807, 2.05) is 0 Å². The predicted octanol–water partition coefficient (Wildman–Crippen LogP) is 3.84. The van der Waals surface area contributed by atoms with Crippen LogP contribution in [0.2, 0.25) is 0 Å². The molecular weight excluding hydrogens is 426 g/mol. The van der Waals surface area contributed by atoms with Crippen LogP contribution in [-0.4, -0.2) is 43.8 Å². The quantitative estimate of drug-likeness (QED) is 0.616. The summed E-state index contributed by atoms with van der Waals surface area (Å²) in [5.74, 6) is 0.390. The van der Waals surface area contributed by atoms with Gasteiger partial charge in [0.25, 0.3) is 5.91 Å². The maximum absolute atomic E-state index is 13.1. The molecule has 30 heavy (non-hydrogen) atoms. The number of nitrogens with zero attached hydrogens (tertiary/aromatic N) is 2. The number of benzene rings is 1. The van der Waals surface area contributed by atoms with Crippen LogP contribution >= 0.6 is 11.3 Å². The molecule has 1 aromatic carbocycles. The van der Waals surface area contributed by atoms with Crippen LogP contribution in [0, 0.1) is 0 Å². The number of thiazole rings is 1. The van der Waals surface area contributed by atoms with Gasteiger partial charge >= 0.3 is 0 Å². The molecule has 2 aromatic heterocycles. The van der Waals surface area contributed by atoms with Crippen LogP contribution < -0.4 is 10.1 Å². The van der Waals surface area contributed by atoms with Gasteiger partial charge in [0.05, 0.1) is 13.4 Å². The summed E-state index contributed by atoms with van der Waals surface area (Å²) < 4.78 is 38.3. The van der Waals surface area contributed by atoms with E-state index in [-0.39, 0.29) is 16.3 Å². The molecule has 10 heteroatoms. The van der Waals surface area contributed by atoms with Gasteiger partial charge in [0, 0.05) is 24.2 Å². The number of hydrogen-bond donors (Lipinski definition) is 1. The second-order valence-electron chi connectivity index (χ2n) is 6.80. The fourth-order valence-electron chi connectivity index (χ4n) is 3.29. The van der Waals surface area contributed by atoms with E-state index in [0.29, 0.717) is 29.5 Å². The van der Waals surface area contributed by atoms with Gasteiger partial charge in [0.2, 0.25) is 10.0 Å². The average molecular weight is 448 g/mol. The van der Waals surface area contributed by atoms with E-state index in [2.05, 4.69) is 10.3 Å². The zero-order valence-electron chi connectivity index (χ0n) is 16.3. The van der Waals surface area contributed by atoms with E-state index >= 15 is 0 Å². The number of anilines is 1. The number of hydrogen-bond acceptors (Lipinski definition) is 7. The molecule has 158 valence electrons. The SMILES string of the molecule is COc1ccc(NC(=O)c2csc(-c3ccco3)n2)cc1S(=O)(=O)N1CCCCC1. The minimum absolute atomic E-state index is 0.0410. The minimum Gasteiger partial charge on any atom is -0.495 e. The Balaban J connectivity index is 1.58. The van der Waals surface area contributed by atoms with Crippen LogP contribution in [0.4, 0.5) is 5.69 Å². The number of nitrogens with one attached hydrogen (secondary N) is 1. The van der Waals surface area contributed by atoms with E-state index in [1.54, 1.807) is 29.6 Å². The monoisotopic (exact) mass is 447 g/mol. The summed E-state index contributed by atoms with van der Waals surface area (Å²) in [4.78, 5) is 17.0. The highest BCUT2D eigenvalue weighted by molar-refractivity contribution is 7.89. The second-order valence-corrected chi connectivity index (χ2v) is 9.56. The molecule has 0 radical (unpaired) electrons. The van der Waals surface area contributed by atoms with E-state index in [4.69, 9.17) is 9.15 Å². The fraction of sp³-hybridized carbons (Fsp3) is 0.300. The normalized spacial score (nSPS) is 15.1.